The second kappa shape index (κ2) is 10.9. The quantitative estimate of drug-likeness (QED) is 0.391. The maximum absolute atomic E-state index is 13.4. The van der Waals surface area contributed by atoms with Gasteiger partial charge in [0.2, 0.25) is 15.9 Å². The van der Waals surface area contributed by atoms with E-state index in [0.29, 0.717) is 20.6 Å². The van der Waals surface area contributed by atoms with E-state index in [1.54, 1.807) is 36.4 Å². The van der Waals surface area contributed by atoms with Gasteiger partial charge >= 0.3 is 0 Å². The molecule has 9 heteroatoms. The van der Waals surface area contributed by atoms with Gasteiger partial charge < -0.3 is 5.32 Å². The van der Waals surface area contributed by atoms with E-state index in [9.17, 15) is 13.2 Å². The van der Waals surface area contributed by atoms with Crippen LogP contribution in [-0.4, -0.2) is 25.2 Å². The lowest BCUT2D eigenvalue weighted by Gasteiger charge is -2.24. The van der Waals surface area contributed by atoms with Gasteiger partial charge in [0.1, 0.15) is 0 Å². The van der Waals surface area contributed by atoms with Crippen molar-refractivity contribution in [3.8, 4) is 0 Å². The molecule has 0 fully saturated rings. The molecular weight excluding hydrogens is 503 g/mol. The molecule has 0 aliphatic rings. The number of nitrogens with zero attached hydrogens (tertiary/aromatic N) is 1. The van der Waals surface area contributed by atoms with Crippen LogP contribution in [-0.2, 0) is 21.4 Å². The zero-order valence-electron chi connectivity index (χ0n) is 18.1. The van der Waals surface area contributed by atoms with E-state index in [4.69, 9.17) is 34.8 Å². The highest BCUT2D eigenvalue weighted by Gasteiger charge is 2.28. The molecule has 3 rings (SSSR count). The number of sulfonamides is 1. The Hall–Kier alpha value is -2.09. The smallest absolute Gasteiger partial charge is 0.243 e. The summed E-state index contributed by atoms with van der Waals surface area (Å²) in [7, 11) is -3.98. The maximum Gasteiger partial charge on any atom is 0.243 e. The first-order chi connectivity index (χ1) is 15.6. The van der Waals surface area contributed by atoms with Crippen molar-refractivity contribution in [1.29, 1.82) is 0 Å². The summed E-state index contributed by atoms with van der Waals surface area (Å²) in [4.78, 5) is 13.0. The Balaban J connectivity index is 1.86. The van der Waals surface area contributed by atoms with Crippen LogP contribution < -0.4 is 5.32 Å². The second-order valence-electron chi connectivity index (χ2n) is 7.66. The van der Waals surface area contributed by atoms with Gasteiger partial charge in [0.25, 0.3) is 0 Å². The molecule has 0 heterocycles. The monoisotopic (exact) mass is 524 g/mol. The summed E-state index contributed by atoms with van der Waals surface area (Å²) in [5.41, 5.74) is 2.31. The minimum atomic E-state index is -3.98. The molecule has 174 valence electrons. The van der Waals surface area contributed by atoms with Crippen LogP contribution in [0.4, 0.5) is 0 Å². The molecule has 0 aliphatic carbocycles. The van der Waals surface area contributed by atoms with Gasteiger partial charge in [-0.3, -0.25) is 4.79 Å². The van der Waals surface area contributed by atoms with E-state index in [0.717, 1.165) is 15.4 Å². The van der Waals surface area contributed by atoms with Crippen molar-refractivity contribution in [2.75, 3.05) is 6.54 Å². The molecular formula is C24H23Cl3N2O3S. The predicted octanol–water partition coefficient (Wildman–Crippen LogP) is 6.02. The summed E-state index contributed by atoms with van der Waals surface area (Å²) >= 11 is 18.2. The largest absolute Gasteiger partial charge is 0.348 e. The van der Waals surface area contributed by atoms with Crippen LogP contribution in [0.3, 0.4) is 0 Å². The topological polar surface area (TPSA) is 66.5 Å². The number of rotatable bonds is 8. The molecule has 0 bridgehead atoms. The average molecular weight is 526 g/mol. The molecule has 0 radical (unpaired) electrons. The predicted molar refractivity (Wildman–Crippen MR) is 133 cm³/mol. The number of carbonyl (C=O) groups excluding carboxylic acids is 1. The summed E-state index contributed by atoms with van der Waals surface area (Å²) in [5, 5.41) is 4.19. The van der Waals surface area contributed by atoms with Crippen LogP contribution in [0.2, 0.25) is 15.1 Å². The number of carbonyl (C=O) groups is 1. The fourth-order valence-corrected chi connectivity index (χ4v) is 5.18. The van der Waals surface area contributed by atoms with E-state index in [1.807, 2.05) is 26.0 Å². The van der Waals surface area contributed by atoms with Gasteiger partial charge in [-0.25, -0.2) is 8.42 Å². The number of amides is 1. The van der Waals surface area contributed by atoms with Crippen LogP contribution in [0.15, 0.2) is 71.6 Å². The normalized spacial score (nSPS) is 12.5. The molecule has 1 atom stereocenters. The molecule has 0 saturated carbocycles. The second-order valence-corrected chi connectivity index (χ2v) is 10.9. The average Bonchev–Trinajstić information content (AvgIpc) is 2.75. The highest BCUT2D eigenvalue weighted by Crippen LogP contribution is 2.25. The zero-order valence-corrected chi connectivity index (χ0v) is 21.1. The van der Waals surface area contributed by atoms with E-state index in [-0.39, 0.29) is 24.0 Å². The Bertz CT molecular complexity index is 1230. The minimum Gasteiger partial charge on any atom is -0.348 e. The summed E-state index contributed by atoms with van der Waals surface area (Å²) in [6, 6.07) is 18.0. The van der Waals surface area contributed by atoms with E-state index >= 15 is 0 Å². The molecule has 0 saturated heterocycles. The molecule has 1 unspecified atom stereocenters. The van der Waals surface area contributed by atoms with Gasteiger partial charge in [-0.05, 0) is 61.4 Å². The fraction of sp³-hybridized carbons (Fsp3) is 0.208. The Labute approximate surface area is 209 Å². The zero-order chi connectivity index (χ0) is 24.2. The lowest BCUT2D eigenvalue weighted by Crippen LogP contribution is -2.41. The lowest BCUT2D eigenvalue weighted by atomic mass is 10.1. The van der Waals surface area contributed by atoms with E-state index < -0.39 is 15.9 Å². The molecule has 0 aromatic heterocycles. The fourth-order valence-electron chi connectivity index (χ4n) is 3.21. The van der Waals surface area contributed by atoms with Crippen LogP contribution in [0.1, 0.15) is 29.7 Å². The third kappa shape index (κ3) is 6.71. The molecule has 5 nitrogen and oxygen atoms in total. The lowest BCUT2D eigenvalue weighted by molar-refractivity contribution is -0.122. The molecule has 33 heavy (non-hydrogen) atoms. The van der Waals surface area contributed by atoms with Gasteiger partial charge in [0, 0.05) is 21.6 Å². The summed E-state index contributed by atoms with van der Waals surface area (Å²) in [5.74, 6) is -0.446. The van der Waals surface area contributed by atoms with Crippen molar-refractivity contribution in [1.82, 2.24) is 9.62 Å². The highest BCUT2D eigenvalue weighted by atomic mass is 35.5. The Morgan fingerprint density at radius 3 is 2.15 bits per heavy atom. The van der Waals surface area contributed by atoms with Gasteiger partial charge in [0.15, 0.2) is 0 Å². The number of hydrogen-bond donors (Lipinski definition) is 1. The SMILES string of the molecule is Cc1ccc(S(=O)(=O)N(CC(=O)NC(C)c2ccc(Cl)cc2)Cc2ccc(Cl)cc2Cl)cc1. The third-order valence-corrected chi connectivity index (χ3v) is 7.73. The van der Waals surface area contributed by atoms with Crippen molar-refractivity contribution in [2.24, 2.45) is 0 Å². The first-order valence-corrected chi connectivity index (χ1v) is 12.7. The van der Waals surface area contributed by atoms with Gasteiger partial charge in [-0.2, -0.15) is 4.31 Å². The van der Waals surface area contributed by atoms with Crippen molar-refractivity contribution in [2.45, 2.75) is 31.3 Å². The molecule has 1 amide bonds. The van der Waals surface area contributed by atoms with Gasteiger partial charge in [0.05, 0.1) is 17.5 Å². The van der Waals surface area contributed by atoms with Crippen molar-refractivity contribution < 1.29 is 13.2 Å². The molecule has 0 aliphatic heterocycles. The van der Waals surface area contributed by atoms with Gasteiger partial charge in [-0.1, -0.05) is 70.7 Å². The number of benzene rings is 3. The van der Waals surface area contributed by atoms with E-state index in [2.05, 4.69) is 5.32 Å². The number of aryl methyl sites for hydroxylation is 1. The Morgan fingerprint density at radius 1 is 0.939 bits per heavy atom. The summed E-state index contributed by atoms with van der Waals surface area (Å²) < 4.78 is 27.9. The standard InChI is InChI=1S/C24H23Cl3N2O3S/c1-16-3-11-22(12-4-16)33(31,32)29(14-19-7-10-21(26)13-23(19)27)15-24(30)28-17(2)18-5-8-20(25)9-6-18/h3-13,17H,14-15H2,1-2H3,(H,28,30). The third-order valence-electron chi connectivity index (χ3n) is 5.09. The Kier molecular flexibility index (Phi) is 8.43. The molecule has 1 N–H and O–H groups in total. The number of nitrogens with one attached hydrogen (secondary N) is 1. The summed E-state index contributed by atoms with van der Waals surface area (Å²) in [6.07, 6.45) is 0. The summed E-state index contributed by atoms with van der Waals surface area (Å²) in [6.45, 7) is 3.21. The minimum absolute atomic E-state index is 0.0883. The highest BCUT2D eigenvalue weighted by molar-refractivity contribution is 7.89. The van der Waals surface area contributed by atoms with Gasteiger partial charge in [-0.15, -0.1) is 0 Å². The first kappa shape index (κ1) is 25.5. The molecule has 0 spiro atoms. The molecule has 3 aromatic carbocycles. The van der Waals surface area contributed by atoms with Crippen LogP contribution in [0.25, 0.3) is 0 Å². The van der Waals surface area contributed by atoms with Crippen molar-refractivity contribution in [3.05, 3.63) is 98.5 Å². The number of halogens is 3. The van der Waals surface area contributed by atoms with Crippen LogP contribution in [0.5, 0.6) is 0 Å². The Morgan fingerprint density at radius 2 is 1.55 bits per heavy atom. The maximum atomic E-state index is 13.4. The number of hydrogen-bond acceptors (Lipinski definition) is 3. The molecule has 3 aromatic rings. The first-order valence-electron chi connectivity index (χ1n) is 10.1. The van der Waals surface area contributed by atoms with Crippen molar-refractivity contribution >= 4 is 50.7 Å². The van der Waals surface area contributed by atoms with Crippen LogP contribution in [0, 0.1) is 6.92 Å². The van der Waals surface area contributed by atoms with E-state index in [1.165, 1.54) is 18.2 Å². The van der Waals surface area contributed by atoms with Crippen LogP contribution >= 0.6 is 34.8 Å². The van der Waals surface area contributed by atoms with Crippen molar-refractivity contribution in [3.63, 3.8) is 0 Å².